The topological polar surface area (TPSA) is 57.6 Å². The Balaban J connectivity index is 1.61. The van der Waals surface area contributed by atoms with Gasteiger partial charge in [-0.05, 0) is 89.6 Å². The van der Waals surface area contributed by atoms with Crippen molar-refractivity contribution in [2.24, 2.45) is 34.5 Å². The molecule has 8 atom stereocenters. The van der Waals surface area contributed by atoms with Crippen LogP contribution in [0.4, 0.5) is 0 Å². The van der Waals surface area contributed by atoms with Gasteiger partial charge < -0.3 is 10.0 Å². The van der Waals surface area contributed by atoms with Crippen LogP contribution in [0.2, 0.25) is 0 Å². The molecular formula is C31H45NO3. The van der Waals surface area contributed by atoms with Crippen molar-refractivity contribution in [2.75, 3.05) is 7.05 Å². The number of fused-ring (bicyclic) bond motifs is 5. The number of rotatable bonds is 2. The van der Waals surface area contributed by atoms with E-state index in [9.17, 15) is 14.7 Å². The van der Waals surface area contributed by atoms with Gasteiger partial charge in [-0.3, -0.25) is 9.59 Å². The quantitative estimate of drug-likeness (QED) is 0.533. The number of piperidine rings is 1. The number of amides is 1. The minimum Gasteiger partial charge on any atom is -0.481 e. The Morgan fingerprint density at radius 1 is 1.06 bits per heavy atom. The van der Waals surface area contributed by atoms with Crippen LogP contribution >= 0.6 is 0 Å². The van der Waals surface area contributed by atoms with E-state index in [1.807, 2.05) is 13.1 Å². The molecule has 3 unspecified atom stereocenters. The molecule has 0 radical (unpaired) electrons. The second-order valence-electron chi connectivity index (χ2n) is 14.0. The summed E-state index contributed by atoms with van der Waals surface area (Å²) in [5.41, 5.74) is 1.15. The molecule has 192 valence electrons. The molecule has 1 heterocycles. The Hall–Kier alpha value is -1.84. The second-order valence-corrected chi connectivity index (χ2v) is 14.0. The maximum absolute atomic E-state index is 13.4. The number of benzene rings is 1. The summed E-state index contributed by atoms with van der Waals surface area (Å²) >= 11 is 0. The lowest BCUT2D eigenvalue weighted by Crippen LogP contribution is -2.64. The van der Waals surface area contributed by atoms with Crippen LogP contribution < -0.4 is 0 Å². The maximum atomic E-state index is 13.4. The molecule has 5 rings (SSSR count). The van der Waals surface area contributed by atoms with Crippen molar-refractivity contribution in [1.29, 1.82) is 0 Å². The van der Waals surface area contributed by atoms with Gasteiger partial charge in [0.25, 0.3) is 0 Å². The Bertz CT molecular complexity index is 1040. The van der Waals surface area contributed by atoms with Crippen LogP contribution in [-0.4, -0.2) is 35.0 Å². The van der Waals surface area contributed by atoms with Crippen LogP contribution in [0.3, 0.4) is 0 Å². The van der Waals surface area contributed by atoms with E-state index in [0.29, 0.717) is 42.0 Å². The summed E-state index contributed by atoms with van der Waals surface area (Å²) in [5.74, 6) is 1.66. The highest BCUT2D eigenvalue weighted by Crippen LogP contribution is 2.71. The van der Waals surface area contributed by atoms with Crippen molar-refractivity contribution in [3.05, 3.63) is 35.4 Å². The maximum Gasteiger partial charge on any atom is 0.314 e. The van der Waals surface area contributed by atoms with Crippen LogP contribution in [0.1, 0.15) is 97.6 Å². The molecule has 1 saturated heterocycles. The largest absolute Gasteiger partial charge is 0.481 e. The molecule has 1 aromatic carbocycles. The van der Waals surface area contributed by atoms with Crippen LogP contribution in [-0.2, 0) is 20.4 Å². The van der Waals surface area contributed by atoms with E-state index in [-0.39, 0.29) is 16.2 Å². The Morgan fingerprint density at radius 2 is 1.71 bits per heavy atom. The van der Waals surface area contributed by atoms with Gasteiger partial charge in [0.1, 0.15) is 0 Å². The number of nitrogens with zero attached hydrogens (tertiary/aromatic N) is 1. The monoisotopic (exact) mass is 479 g/mol. The SMILES string of the molecule is CC1CC2N(C)C(=O)CC[C@]2(C)[C@@H]2CC[C@@]3(C)[C@@H](CCC3(C(=O)O)c3ccccc3C(C)(C)C)[C@H]12. The number of likely N-dealkylation sites (tertiary alicyclic amines) is 1. The number of hydrogen-bond acceptors (Lipinski definition) is 2. The molecule has 4 nitrogen and oxygen atoms in total. The minimum atomic E-state index is -0.844. The van der Waals surface area contributed by atoms with E-state index in [4.69, 9.17) is 0 Å². The van der Waals surface area contributed by atoms with Crippen molar-refractivity contribution >= 4 is 11.9 Å². The molecule has 0 aromatic heterocycles. The summed E-state index contributed by atoms with van der Waals surface area (Å²) in [4.78, 5) is 28.1. The molecule has 4 fully saturated rings. The molecule has 0 spiro atoms. The summed E-state index contributed by atoms with van der Waals surface area (Å²) in [6.45, 7) is 13.8. The van der Waals surface area contributed by atoms with Crippen LogP contribution in [0.5, 0.6) is 0 Å². The van der Waals surface area contributed by atoms with Gasteiger partial charge in [0.2, 0.25) is 5.91 Å². The van der Waals surface area contributed by atoms with Crippen molar-refractivity contribution < 1.29 is 14.7 Å². The first-order chi connectivity index (χ1) is 16.3. The van der Waals surface area contributed by atoms with Crippen molar-refractivity contribution in [3.8, 4) is 0 Å². The number of carbonyl (C=O) groups excluding carboxylic acids is 1. The van der Waals surface area contributed by atoms with Crippen molar-refractivity contribution in [2.45, 2.75) is 103 Å². The first kappa shape index (κ1) is 24.8. The van der Waals surface area contributed by atoms with Gasteiger partial charge in [0.15, 0.2) is 0 Å². The third kappa shape index (κ3) is 3.16. The molecule has 4 heteroatoms. The zero-order valence-electron chi connectivity index (χ0n) is 22.9. The molecule has 35 heavy (non-hydrogen) atoms. The Labute approximate surface area is 211 Å². The lowest BCUT2D eigenvalue weighted by atomic mass is 9.42. The summed E-state index contributed by atoms with van der Waals surface area (Å²) < 4.78 is 0. The fraction of sp³-hybridized carbons (Fsp3) is 0.742. The Morgan fingerprint density at radius 3 is 2.37 bits per heavy atom. The predicted molar refractivity (Wildman–Crippen MR) is 139 cm³/mol. The fourth-order valence-electron chi connectivity index (χ4n) is 9.92. The first-order valence-corrected chi connectivity index (χ1v) is 13.9. The highest BCUT2D eigenvalue weighted by molar-refractivity contribution is 5.84. The van der Waals surface area contributed by atoms with Gasteiger partial charge in [-0.25, -0.2) is 0 Å². The summed E-state index contributed by atoms with van der Waals surface area (Å²) in [6, 6.07) is 8.71. The molecule has 1 aromatic rings. The van der Waals surface area contributed by atoms with E-state index >= 15 is 0 Å². The molecule has 3 aliphatic carbocycles. The number of carboxylic acid groups (broad SMARTS) is 1. The smallest absolute Gasteiger partial charge is 0.314 e. The number of hydrogen-bond donors (Lipinski definition) is 1. The van der Waals surface area contributed by atoms with Gasteiger partial charge >= 0.3 is 5.97 Å². The molecule has 3 saturated carbocycles. The van der Waals surface area contributed by atoms with Gasteiger partial charge in [-0.1, -0.05) is 65.8 Å². The van der Waals surface area contributed by atoms with Gasteiger partial charge in [-0.2, -0.15) is 0 Å². The van der Waals surface area contributed by atoms with Crippen LogP contribution in [0.25, 0.3) is 0 Å². The third-order valence-corrected chi connectivity index (χ3v) is 11.7. The van der Waals surface area contributed by atoms with Crippen molar-refractivity contribution in [1.82, 2.24) is 4.90 Å². The van der Waals surface area contributed by atoms with E-state index in [1.54, 1.807) is 0 Å². The van der Waals surface area contributed by atoms with E-state index in [2.05, 4.69) is 64.6 Å². The molecule has 1 amide bonds. The lowest BCUT2D eigenvalue weighted by Gasteiger charge is -2.64. The van der Waals surface area contributed by atoms with Gasteiger partial charge in [0.05, 0.1) is 5.41 Å². The number of carboxylic acids is 1. The third-order valence-electron chi connectivity index (χ3n) is 11.7. The standard InChI is InChI=1S/C31H45NO3/c1-19-18-24-29(5,15-14-25(33)32(24)7)22-12-16-30(6)23(26(19)22)13-17-31(30,27(34)35)21-11-9-8-10-20(21)28(2,3)4/h8-11,19,22-24,26H,12-18H2,1-7H3,(H,34,35)/t19?,22-,23+,24?,26-,29-,30+,31?/m1/s1. The number of carbonyl (C=O) groups is 2. The highest BCUT2D eigenvalue weighted by Gasteiger charge is 2.69. The summed E-state index contributed by atoms with van der Waals surface area (Å²) in [7, 11) is 2.01. The fourth-order valence-corrected chi connectivity index (χ4v) is 9.92. The zero-order chi connectivity index (χ0) is 25.6. The average Bonchev–Trinajstić information content (AvgIpc) is 3.11. The van der Waals surface area contributed by atoms with Gasteiger partial charge in [-0.15, -0.1) is 0 Å². The highest BCUT2D eigenvalue weighted by atomic mass is 16.4. The predicted octanol–water partition coefficient (Wildman–Crippen LogP) is 6.42. The molecule has 4 aliphatic rings. The molecule has 1 aliphatic heterocycles. The second kappa shape index (κ2) is 7.83. The average molecular weight is 480 g/mol. The van der Waals surface area contributed by atoms with Crippen LogP contribution in [0.15, 0.2) is 24.3 Å². The van der Waals surface area contributed by atoms with E-state index in [0.717, 1.165) is 44.1 Å². The lowest BCUT2D eigenvalue weighted by molar-refractivity contribution is -0.173. The normalized spacial score (nSPS) is 43.3. The molecular weight excluding hydrogens is 434 g/mol. The van der Waals surface area contributed by atoms with E-state index in [1.165, 1.54) is 5.56 Å². The molecule has 0 bridgehead atoms. The summed E-state index contributed by atoms with van der Waals surface area (Å²) in [6.07, 6.45) is 6.43. The minimum absolute atomic E-state index is 0.108. The van der Waals surface area contributed by atoms with Crippen LogP contribution in [0, 0.1) is 34.5 Å². The van der Waals surface area contributed by atoms with Crippen molar-refractivity contribution in [3.63, 3.8) is 0 Å². The zero-order valence-corrected chi connectivity index (χ0v) is 22.9. The Kier molecular flexibility index (Phi) is 5.55. The summed E-state index contributed by atoms with van der Waals surface area (Å²) in [5, 5.41) is 11.0. The van der Waals surface area contributed by atoms with E-state index < -0.39 is 11.4 Å². The van der Waals surface area contributed by atoms with Gasteiger partial charge in [0, 0.05) is 19.5 Å². The first-order valence-electron chi connectivity index (χ1n) is 13.9. The number of aliphatic carboxylic acids is 1. The molecule has 1 N–H and O–H groups in total.